The van der Waals surface area contributed by atoms with Gasteiger partial charge in [-0.1, -0.05) is 32.5 Å². The summed E-state index contributed by atoms with van der Waals surface area (Å²) >= 11 is 1.32. The number of rotatable bonds is 8. The first kappa shape index (κ1) is 19.6. The molecule has 0 spiro atoms. The summed E-state index contributed by atoms with van der Waals surface area (Å²) in [5.74, 6) is 0.793. The third-order valence-electron chi connectivity index (χ3n) is 4.19. The van der Waals surface area contributed by atoms with E-state index in [4.69, 9.17) is 0 Å². The van der Waals surface area contributed by atoms with E-state index < -0.39 is 0 Å². The maximum Gasteiger partial charge on any atom is 0.278 e. The molecule has 2 heterocycles. The van der Waals surface area contributed by atoms with Gasteiger partial charge in [0.2, 0.25) is 5.91 Å². The Hall–Kier alpha value is -1.76. The van der Waals surface area contributed by atoms with E-state index in [1.54, 1.807) is 4.57 Å². The van der Waals surface area contributed by atoms with Gasteiger partial charge >= 0.3 is 0 Å². The zero-order valence-electron chi connectivity index (χ0n) is 15.7. The average molecular weight is 365 g/mol. The van der Waals surface area contributed by atoms with Crippen LogP contribution in [-0.4, -0.2) is 32.7 Å². The molecule has 2 rings (SSSR count). The van der Waals surface area contributed by atoms with Gasteiger partial charge in [0.25, 0.3) is 5.56 Å². The van der Waals surface area contributed by atoms with Crippen molar-refractivity contribution in [1.82, 2.24) is 19.9 Å². The minimum absolute atomic E-state index is 0.0269. The highest BCUT2D eigenvalue weighted by molar-refractivity contribution is 7.99. The molecule has 0 saturated carbocycles. The van der Waals surface area contributed by atoms with E-state index in [0.717, 1.165) is 18.5 Å². The molecule has 25 heavy (non-hydrogen) atoms. The van der Waals surface area contributed by atoms with E-state index in [9.17, 15) is 9.59 Å². The SMILES string of the molecule is CC[C@@H](C)n1c(SCC(=O)NCCC(C)C)nc2cc(C)[nH]c2c1=O. The molecule has 0 aromatic carbocycles. The summed E-state index contributed by atoms with van der Waals surface area (Å²) in [5, 5.41) is 3.52. The largest absolute Gasteiger partial charge is 0.355 e. The molecule has 7 heteroatoms. The number of nitrogens with one attached hydrogen (secondary N) is 2. The lowest BCUT2D eigenvalue weighted by atomic mass is 10.1. The zero-order chi connectivity index (χ0) is 18.6. The highest BCUT2D eigenvalue weighted by Crippen LogP contribution is 2.22. The minimum Gasteiger partial charge on any atom is -0.355 e. The number of H-pyrrole nitrogens is 1. The van der Waals surface area contributed by atoms with E-state index in [-0.39, 0.29) is 23.3 Å². The molecule has 0 saturated heterocycles. The lowest BCUT2D eigenvalue weighted by Gasteiger charge is -2.17. The standard InChI is InChI=1S/C18H28N4O2S/c1-6-13(5)22-17(24)16-14(9-12(4)20-16)21-18(22)25-10-15(23)19-8-7-11(2)3/h9,11,13,20H,6-8,10H2,1-5H3,(H,19,23)/t13-/m1/s1. The monoisotopic (exact) mass is 364 g/mol. The predicted octanol–water partition coefficient (Wildman–Crippen LogP) is 3.26. The van der Waals surface area contributed by atoms with Crippen LogP contribution < -0.4 is 10.9 Å². The van der Waals surface area contributed by atoms with Gasteiger partial charge < -0.3 is 10.3 Å². The number of carbonyl (C=O) groups excluding carboxylic acids is 1. The molecule has 1 atom stereocenters. The van der Waals surface area contributed by atoms with Crippen LogP contribution in [0.2, 0.25) is 0 Å². The Morgan fingerprint density at radius 3 is 2.76 bits per heavy atom. The van der Waals surface area contributed by atoms with Crippen LogP contribution in [0.1, 0.15) is 52.3 Å². The molecule has 2 aromatic heterocycles. The summed E-state index contributed by atoms with van der Waals surface area (Å²) in [7, 11) is 0. The second kappa shape index (κ2) is 8.56. The molecular weight excluding hydrogens is 336 g/mol. The van der Waals surface area contributed by atoms with Gasteiger partial charge in [0.15, 0.2) is 5.16 Å². The number of aromatic nitrogens is 3. The van der Waals surface area contributed by atoms with Crippen molar-refractivity contribution in [2.75, 3.05) is 12.3 Å². The molecule has 1 amide bonds. The van der Waals surface area contributed by atoms with Crippen LogP contribution in [0, 0.1) is 12.8 Å². The number of amides is 1. The molecule has 2 aromatic rings. The normalized spacial score (nSPS) is 12.7. The van der Waals surface area contributed by atoms with Gasteiger partial charge in [-0.2, -0.15) is 0 Å². The number of hydrogen-bond donors (Lipinski definition) is 2. The van der Waals surface area contributed by atoms with Crippen LogP contribution >= 0.6 is 11.8 Å². The van der Waals surface area contributed by atoms with Gasteiger partial charge in [0, 0.05) is 18.3 Å². The number of aryl methyl sites for hydroxylation is 1. The molecule has 2 N–H and O–H groups in total. The van der Waals surface area contributed by atoms with Crippen LogP contribution in [0.25, 0.3) is 11.0 Å². The fourth-order valence-corrected chi connectivity index (χ4v) is 3.47. The molecule has 0 aliphatic rings. The maximum absolute atomic E-state index is 12.8. The minimum atomic E-state index is -0.0739. The fraction of sp³-hybridized carbons (Fsp3) is 0.611. The Kier molecular flexibility index (Phi) is 6.70. The number of hydrogen-bond acceptors (Lipinski definition) is 4. The molecule has 0 radical (unpaired) electrons. The summed E-state index contributed by atoms with van der Waals surface area (Å²) < 4.78 is 1.70. The average Bonchev–Trinajstić information content (AvgIpc) is 2.92. The molecule has 0 bridgehead atoms. The summed E-state index contributed by atoms with van der Waals surface area (Å²) in [6.07, 6.45) is 1.78. The second-order valence-electron chi connectivity index (χ2n) is 6.86. The Morgan fingerprint density at radius 2 is 2.12 bits per heavy atom. The highest BCUT2D eigenvalue weighted by Gasteiger charge is 2.17. The van der Waals surface area contributed by atoms with E-state index >= 15 is 0 Å². The van der Waals surface area contributed by atoms with Crippen LogP contribution in [0.15, 0.2) is 16.0 Å². The van der Waals surface area contributed by atoms with Crippen LogP contribution in [0.5, 0.6) is 0 Å². The lowest BCUT2D eigenvalue weighted by Crippen LogP contribution is -2.29. The van der Waals surface area contributed by atoms with Crippen molar-refractivity contribution in [2.24, 2.45) is 5.92 Å². The van der Waals surface area contributed by atoms with Crippen LogP contribution in [0.3, 0.4) is 0 Å². The third-order valence-corrected chi connectivity index (χ3v) is 5.15. The van der Waals surface area contributed by atoms with Crippen molar-refractivity contribution in [3.8, 4) is 0 Å². The van der Waals surface area contributed by atoms with E-state index in [1.165, 1.54) is 11.8 Å². The van der Waals surface area contributed by atoms with E-state index in [0.29, 0.717) is 28.7 Å². The molecule has 0 aliphatic carbocycles. The zero-order valence-corrected chi connectivity index (χ0v) is 16.5. The van der Waals surface area contributed by atoms with Crippen molar-refractivity contribution >= 4 is 28.7 Å². The molecule has 0 fully saturated rings. The van der Waals surface area contributed by atoms with Crippen LogP contribution in [0.4, 0.5) is 0 Å². The van der Waals surface area contributed by atoms with Crippen molar-refractivity contribution in [3.05, 3.63) is 22.1 Å². The second-order valence-corrected chi connectivity index (χ2v) is 7.80. The van der Waals surface area contributed by atoms with Gasteiger partial charge in [0.05, 0.1) is 11.3 Å². The number of aromatic amines is 1. The Morgan fingerprint density at radius 1 is 1.40 bits per heavy atom. The van der Waals surface area contributed by atoms with Crippen LogP contribution in [-0.2, 0) is 4.79 Å². The first-order valence-corrected chi connectivity index (χ1v) is 9.83. The quantitative estimate of drug-likeness (QED) is 0.556. The molecule has 0 unspecified atom stereocenters. The van der Waals surface area contributed by atoms with E-state index in [2.05, 4.69) is 29.1 Å². The Balaban J connectivity index is 2.21. The summed E-state index contributed by atoms with van der Waals surface area (Å²) in [5.41, 5.74) is 2.02. The predicted molar refractivity (Wildman–Crippen MR) is 103 cm³/mol. The summed E-state index contributed by atoms with van der Waals surface area (Å²) in [6.45, 7) is 10.9. The van der Waals surface area contributed by atoms with Gasteiger partial charge in [-0.05, 0) is 38.7 Å². The number of nitrogens with zero attached hydrogens (tertiary/aromatic N) is 2. The van der Waals surface area contributed by atoms with Gasteiger partial charge in [-0.15, -0.1) is 0 Å². The van der Waals surface area contributed by atoms with Crippen molar-refractivity contribution < 1.29 is 4.79 Å². The van der Waals surface area contributed by atoms with Gasteiger partial charge in [-0.3, -0.25) is 14.2 Å². The van der Waals surface area contributed by atoms with Gasteiger partial charge in [-0.25, -0.2) is 4.98 Å². The first-order valence-electron chi connectivity index (χ1n) is 8.84. The smallest absolute Gasteiger partial charge is 0.278 e. The fourth-order valence-electron chi connectivity index (χ4n) is 2.54. The van der Waals surface area contributed by atoms with Crippen molar-refractivity contribution in [3.63, 3.8) is 0 Å². The first-order chi connectivity index (χ1) is 11.8. The Labute approximate surface area is 152 Å². The summed E-state index contributed by atoms with van der Waals surface area (Å²) in [4.78, 5) is 32.6. The van der Waals surface area contributed by atoms with E-state index in [1.807, 2.05) is 26.8 Å². The van der Waals surface area contributed by atoms with Crippen molar-refractivity contribution in [1.29, 1.82) is 0 Å². The highest BCUT2D eigenvalue weighted by atomic mass is 32.2. The summed E-state index contributed by atoms with van der Waals surface area (Å²) in [6, 6.07) is 1.89. The molecule has 0 aliphatic heterocycles. The number of thioether (sulfide) groups is 1. The topological polar surface area (TPSA) is 79.8 Å². The van der Waals surface area contributed by atoms with Gasteiger partial charge in [0.1, 0.15) is 5.52 Å². The molecule has 138 valence electrons. The number of fused-ring (bicyclic) bond motifs is 1. The number of carbonyl (C=O) groups is 1. The lowest BCUT2D eigenvalue weighted by molar-refractivity contribution is -0.118. The third kappa shape index (κ3) is 4.87. The molecular formula is C18H28N4O2S. The van der Waals surface area contributed by atoms with Crippen molar-refractivity contribution in [2.45, 2.75) is 58.7 Å². The molecule has 6 nitrogen and oxygen atoms in total. The Bertz CT molecular complexity index is 794. The maximum atomic E-state index is 12.8.